The molecule has 0 radical (unpaired) electrons. The fourth-order valence-electron chi connectivity index (χ4n) is 3.17. The standard InChI is InChI=1S/C22H28O/c1-21(2,3)19(13-11-17-9-7-6-8-10-17)20-14-12-18(23)15-16-22(20,4)5/h6-10H,12,14-16H2,1-5H3/b20-19-. The van der Waals surface area contributed by atoms with Crippen molar-refractivity contribution < 1.29 is 4.79 Å². The summed E-state index contributed by atoms with van der Waals surface area (Å²) in [5, 5.41) is 0. The first-order chi connectivity index (χ1) is 10.7. The molecule has 1 aliphatic carbocycles. The van der Waals surface area contributed by atoms with Crippen LogP contribution in [0.1, 0.15) is 65.9 Å². The lowest BCUT2D eigenvalue weighted by Gasteiger charge is -2.32. The van der Waals surface area contributed by atoms with Gasteiger partial charge in [-0.3, -0.25) is 4.79 Å². The third-order valence-corrected chi connectivity index (χ3v) is 4.66. The summed E-state index contributed by atoms with van der Waals surface area (Å²) in [5.74, 6) is 7.17. The van der Waals surface area contributed by atoms with Crippen molar-refractivity contribution in [2.24, 2.45) is 10.8 Å². The van der Waals surface area contributed by atoms with Crippen LogP contribution in [0.25, 0.3) is 0 Å². The van der Waals surface area contributed by atoms with Crippen molar-refractivity contribution >= 4 is 5.78 Å². The molecule has 0 unspecified atom stereocenters. The second-order valence-electron chi connectivity index (χ2n) is 8.14. The van der Waals surface area contributed by atoms with Crippen molar-refractivity contribution in [1.29, 1.82) is 0 Å². The smallest absolute Gasteiger partial charge is 0.133 e. The number of rotatable bonds is 0. The molecule has 1 aromatic carbocycles. The van der Waals surface area contributed by atoms with Gasteiger partial charge < -0.3 is 0 Å². The molecule has 0 bridgehead atoms. The quantitative estimate of drug-likeness (QED) is 0.453. The number of Topliss-reactive ketones (excluding diaryl/α,β-unsaturated/α-hetero) is 1. The average Bonchev–Trinajstić information content (AvgIpc) is 2.60. The fraction of sp³-hybridized carbons (Fsp3) is 0.500. The largest absolute Gasteiger partial charge is 0.300 e. The van der Waals surface area contributed by atoms with Gasteiger partial charge in [0.05, 0.1) is 0 Å². The summed E-state index contributed by atoms with van der Waals surface area (Å²) >= 11 is 0. The van der Waals surface area contributed by atoms with Gasteiger partial charge in [0.15, 0.2) is 0 Å². The first kappa shape index (κ1) is 17.5. The minimum absolute atomic E-state index is 0.0121. The van der Waals surface area contributed by atoms with E-state index in [0.717, 1.165) is 18.4 Å². The van der Waals surface area contributed by atoms with Crippen LogP contribution in [-0.4, -0.2) is 5.78 Å². The molecular formula is C22H28O. The van der Waals surface area contributed by atoms with Gasteiger partial charge in [-0.15, -0.1) is 0 Å². The predicted molar refractivity (Wildman–Crippen MR) is 97.1 cm³/mol. The van der Waals surface area contributed by atoms with Crippen LogP contribution >= 0.6 is 0 Å². The summed E-state index contributed by atoms with van der Waals surface area (Å²) in [5.41, 5.74) is 3.65. The fourth-order valence-corrected chi connectivity index (χ4v) is 3.17. The lowest BCUT2D eigenvalue weighted by Crippen LogP contribution is -2.20. The van der Waals surface area contributed by atoms with Crippen molar-refractivity contribution in [1.82, 2.24) is 0 Å². The highest BCUT2D eigenvalue weighted by molar-refractivity contribution is 5.79. The van der Waals surface area contributed by atoms with Crippen molar-refractivity contribution in [2.45, 2.75) is 60.3 Å². The number of benzene rings is 1. The summed E-state index contributed by atoms with van der Waals surface area (Å²) in [6.45, 7) is 11.2. The Morgan fingerprint density at radius 1 is 1.04 bits per heavy atom. The van der Waals surface area contributed by atoms with Gasteiger partial charge in [0, 0.05) is 24.0 Å². The molecule has 1 saturated carbocycles. The minimum atomic E-state index is -0.0121. The van der Waals surface area contributed by atoms with E-state index in [1.165, 1.54) is 11.1 Å². The lowest BCUT2D eigenvalue weighted by molar-refractivity contribution is -0.119. The van der Waals surface area contributed by atoms with Crippen molar-refractivity contribution in [3.05, 3.63) is 47.0 Å². The highest BCUT2D eigenvalue weighted by atomic mass is 16.1. The molecule has 1 aliphatic rings. The molecule has 1 nitrogen and oxygen atoms in total. The summed E-state index contributed by atoms with van der Waals surface area (Å²) in [7, 11) is 0. The van der Waals surface area contributed by atoms with Gasteiger partial charge in [-0.25, -0.2) is 0 Å². The maximum absolute atomic E-state index is 11.9. The van der Waals surface area contributed by atoms with E-state index in [9.17, 15) is 4.79 Å². The molecule has 0 spiro atoms. The third kappa shape index (κ3) is 4.58. The van der Waals surface area contributed by atoms with Crippen LogP contribution < -0.4 is 0 Å². The van der Waals surface area contributed by atoms with Gasteiger partial charge in [-0.2, -0.15) is 0 Å². The van der Waals surface area contributed by atoms with Gasteiger partial charge in [0.25, 0.3) is 0 Å². The van der Waals surface area contributed by atoms with Crippen molar-refractivity contribution in [3.63, 3.8) is 0 Å². The molecule has 0 atom stereocenters. The Bertz CT molecular complexity index is 657. The maximum Gasteiger partial charge on any atom is 0.133 e. The normalized spacial score (nSPS) is 20.3. The molecule has 0 N–H and O–H groups in total. The van der Waals surface area contributed by atoms with E-state index in [0.29, 0.717) is 18.6 Å². The van der Waals surface area contributed by atoms with Crippen LogP contribution in [0.4, 0.5) is 0 Å². The van der Waals surface area contributed by atoms with Crippen molar-refractivity contribution in [3.8, 4) is 11.8 Å². The molecule has 2 rings (SSSR count). The molecule has 0 aromatic heterocycles. The zero-order chi connectivity index (χ0) is 17.1. The van der Waals surface area contributed by atoms with E-state index in [2.05, 4.69) is 46.5 Å². The maximum atomic E-state index is 11.9. The number of carbonyl (C=O) groups excluding carboxylic acids is 1. The van der Waals surface area contributed by atoms with Crippen LogP contribution in [0.15, 0.2) is 41.5 Å². The minimum Gasteiger partial charge on any atom is -0.300 e. The van der Waals surface area contributed by atoms with Gasteiger partial charge in [0.2, 0.25) is 0 Å². The molecule has 0 saturated heterocycles. The Kier molecular flexibility index (Phi) is 5.15. The Hall–Kier alpha value is -1.81. The molecule has 1 heteroatoms. The van der Waals surface area contributed by atoms with Gasteiger partial charge in [-0.1, -0.05) is 70.2 Å². The van der Waals surface area contributed by atoms with Crippen LogP contribution in [0.3, 0.4) is 0 Å². The molecule has 1 aromatic rings. The number of hydrogen-bond donors (Lipinski definition) is 0. The van der Waals surface area contributed by atoms with E-state index < -0.39 is 0 Å². The van der Waals surface area contributed by atoms with E-state index in [4.69, 9.17) is 0 Å². The van der Waals surface area contributed by atoms with E-state index in [1.54, 1.807) is 0 Å². The second kappa shape index (κ2) is 6.75. The number of ketones is 1. The Labute approximate surface area is 141 Å². The topological polar surface area (TPSA) is 17.1 Å². The number of hydrogen-bond acceptors (Lipinski definition) is 1. The van der Waals surface area contributed by atoms with Gasteiger partial charge in [-0.05, 0) is 35.8 Å². The van der Waals surface area contributed by atoms with E-state index in [-0.39, 0.29) is 10.8 Å². The Morgan fingerprint density at radius 3 is 2.30 bits per heavy atom. The second-order valence-corrected chi connectivity index (χ2v) is 8.14. The average molecular weight is 308 g/mol. The monoisotopic (exact) mass is 308 g/mol. The van der Waals surface area contributed by atoms with Gasteiger partial charge in [0.1, 0.15) is 5.78 Å². The Balaban J connectivity index is 2.53. The summed E-state index contributed by atoms with van der Waals surface area (Å²) in [4.78, 5) is 11.9. The Morgan fingerprint density at radius 2 is 1.70 bits per heavy atom. The molecule has 0 heterocycles. The molecule has 0 aliphatic heterocycles. The van der Waals surface area contributed by atoms with Crippen molar-refractivity contribution in [2.75, 3.05) is 0 Å². The van der Waals surface area contributed by atoms with Crippen LogP contribution in [0, 0.1) is 22.7 Å². The molecule has 1 fully saturated rings. The molecule has 0 amide bonds. The first-order valence-electron chi connectivity index (χ1n) is 8.53. The highest BCUT2D eigenvalue weighted by Gasteiger charge is 2.32. The highest BCUT2D eigenvalue weighted by Crippen LogP contribution is 2.43. The SMILES string of the molecule is CC(C)(C)/C(C#Cc1ccccc1)=C1/CCC(=O)CCC1(C)C. The summed E-state index contributed by atoms with van der Waals surface area (Å²) < 4.78 is 0. The van der Waals surface area contributed by atoms with Gasteiger partial charge >= 0.3 is 0 Å². The number of allylic oxidation sites excluding steroid dienone is 2. The van der Waals surface area contributed by atoms with Crippen LogP contribution in [0.5, 0.6) is 0 Å². The predicted octanol–water partition coefficient (Wildman–Crippen LogP) is 5.55. The first-order valence-corrected chi connectivity index (χ1v) is 8.53. The van der Waals surface area contributed by atoms with Crippen LogP contribution in [-0.2, 0) is 4.79 Å². The molecule has 23 heavy (non-hydrogen) atoms. The molecule has 122 valence electrons. The van der Waals surface area contributed by atoms with E-state index in [1.807, 2.05) is 30.3 Å². The summed E-state index contributed by atoms with van der Waals surface area (Å²) in [6, 6.07) is 10.1. The summed E-state index contributed by atoms with van der Waals surface area (Å²) in [6.07, 6.45) is 3.13. The third-order valence-electron chi connectivity index (χ3n) is 4.66. The lowest BCUT2D eigenvalue weighted by atomic mass is 9.72. The van der Waals surface area contributed by atoms with Crippen LogP contribution in [0.2, 0.25) is 0 Å². The van der Waals surface area contributed by atoms with E-state index >= 15 is 0 Å². The zero-order valence-corrected chi connectivity index (χ0v) is 15.1. The number of carbonyl (C=O) groups is 1. The molecular weight excluding hydrogens is 280 g/mol. The zero-order valence-electron chi connectivity index (χ0n) is 15.1.